The van der Waals surface area contributed by atoms with Gasteiger partial charge in [-0.15, -0.1) is 0 Å². The molecule has 0 atom stereocenters. The van der Waals surface area contributed by atoms with Crippen LogP contribution in [0.2, 0.25) is 0 Å². The number of nitrogens with zero attached hydrogens (tertiary/aromatic N) is 7. The topological polar surface area (TPSA) is 73.4 Å². The number of piperidine rings is 1. The third-order valence-corrected chi connectivity index (χ3v) is 7.71. The zero-order valence-electron chi connectivity index (χ0n) is 19.7. The van der Waals surface area contributed by atoms with E-state index in [1.807, 2.05) is 34.8 Å². The molecule has 6 rings (SSSR count). The Morgan fingerprint density at radius 3 is 2.55 bits per heavy atom. The Kier molecular flexibility index (Phi) is 4.47. The number of anilines is 1. The zero-order chi connectivity index (χ0) is 22.7. The van der Waals surface area contributed by atoms with E-state index in [1.54, 1.807) is 7.11 Å². The number of pyridine rings is 1. The molecule has 8 heteroatoms. The fourth-order valence-corrected chi connectivity index (χ4v) is 5.70. The van der Waals surface area contributed by atoms with E-state index in [-0.39, 0.29) is 0 Å². The van der Waals surface area contributed by atoms with Gasteiger partial charge in [0.15, 0.2) is 5.82 Å². The summed E-state index contributed by atoms with van der Waals surface area (Å²) >= 11 is 0. The highest BCUT2D eigenvalue weighted by Crippen LogP contribution is 2.46. The Labute approximate surface area is 193 Å². The molecule has 1 aliphatic heterocycles. The van der Waals surface area contributed by atoms with E-state index < -0.39 is 0 Å². The quantitative estimate of drug-likeness (QED) is 0.482. The van der Waals surface area contributed by atoms with E-state index in [4.69, 9.17) is 9.72 Å². The lowest BCUT2D eigenvalue weighted by Gasteiger charge is -2.40. The number of aromatic nitrogens is 6. The van der Waals surface area contributed by atoms with Gasteiger partial charge in [0, 0.05) is 43.7 Å². The number of rotatable bonds is 3. The van der Waals surface area contributed by atoms with Gasteiger partial charge < -0.3 is 9.64 Å². The molecule has 2 aliphatic rings. The van der Waals surface area contributed by atoms with Crippen LogP contribution in [-0.4, -0.2) is 49.6 Å². The predicted molar refractivity (Wildman–Crippen MR) is 127 cm³/mol. The maximum Gasteiger partial charge on any atom is 0.213 e. The molecular weight excluding hydrogens is 414 g/mol. The van der Waals surface area contributed by atoms with Crippen LogP contribution in [0.1, 0.15) is 35.4 Å². The van der Waals surface area contributed by atoms with Crippen LogP contribution >= 0.6 is 0 Å². The van der Waals surface area contributed by atoms with Crippen molar-refractivity contribution in [2.24, 2.45) is 12.5 Å². The minimum Gasteiger partial charge on any atom is -0.481 e. The standard InChI is InChI=1S/C25H29N7O/c1-16-23(20-15-28-30(3)17(20)2)32-21(5-8-27-32)24(29-16)31-9-6-25(7-10-31)12-18-11-22(33-4)26-14-19(18)13-25/h5,8,11,14-15H,6-7,9-10,12-13H2,1-4H3. The summed E-state index contributed by atoms with van der Waals surface area (Å²) in [4.78, 5) is 12.0. The summed E-state index contributed by atoms with van der Waals surface area (Å²) in [5.74, 6) is 1.75. The zero-order valence-corrected chi connectivity index (χ0v) is 19.7. The second-order valence-electron chi connectivity index (χ2n) is 9.60. The summed E-state index contributed by atoms with van der Waals surface area (Å²) < 4.78 is 9.28. The smallest absolute Gasteiger partial charge is 0.213 e. The lowest BCUT2D eigenvalue weighted by Crippen LogP contribution is -2.41. The molecule has 4 aromatic rings. The average molecular weight is 444 g/mol. The van der Waals surface area contributed by atoms with Crippen molar-refractivity contribution < 1.29 is 4.74 Å². The number of fused-ring (bicyclic) bond motifs is 2. The number of ether oxygens (including phenoxy) is 1. The first-order valence-electron chi connectivity index (χ1n) is 11.6. The number of hydrogen-bond donors (Lipinski definition) is 0. The molecule has 1 spiro atoms. The minimum absolute atomic E-state index is 0.325. The number of methoxy groups -OCH3 is 1. The Balaban J connectivity index is 1.29. The Bertz CT molecular complexity index is 1360. The fraction of sp³-hybridized carbons (Fsp3) is 0.440. The molecule has 0 N–H and O–H groups in total. The van der Waals surface area contributed by atoms with Gasteiger partial charge in [-0.05, 0) is 62.1 Å². The van der Waals surface area contributed by atoms with E-state index in [9.17, 15) is 0 Å². The van der Waals surface area contributed by atoms with Crippen molar-refractivity contribution in [3.05, 3.63) is 53.2 Å². The van der Waals surface area contributed by atoms with Crippen molar-refractivity contribution in [1.82, 2.24) is 29.4 Å². The van der Waals surface area contributed by atoms with Crippen LogP contribution in [0.25, 0.3) is 16.8 Å². The van der Waals surface area contributed by atoms with Crippen molar-refractivity contribution in [1.29, 1.82) is 0 Å². The third kappa shape index (κ3) is 3.11. The predicted octanol–water partition coefficient (Wildman–Crippen LogP) is 3.54. The monoisotopic (exact) mass is 443 g/mol. The lowest BCUT2D eigenvalue weighted by molar-refractivity contribution is 0.232. The first-order chi connectivity index (χ1) is 16.0. The molecule has 0 bridgehead atoms. The Hall–Kier alpha value is -3.42. The van der Waals surface area contributed by atoms with Crippen molar-refractivity contribution in [2.45, 2.75) is 39.5 Å². The summed E-state index contributed by atoms with van der Waals surface area (Å²) in [5.41, 5.74) is 8.34. The molecule has 1 aliphatic carbocycles. The second kappa shape index (κ2) is 7.30. The van der Waals surface area contributed by atoms with Gasteiger partial charge in [0.2, 0.25) is 5.88 Å². The van der Waals surface area contributed by atoms with Crippen molar-refractivity contribution in [3.8, 4) is 17.1 Å². The minimum atomic E-state index is 0.325. The summed E-state index contributed by atoms with van der Waals surface area (Å²) in [5, 5.41) is 9.10. The van der Waals surface area contributed by atoms with Crippen LogP contribution in [0.15, 0.2) is 30.7 Å². The highest BCUT2D eigenvalue weighted by Gasteiger charge is 2.40. The van der Waals surface area contributed by atoms with Crippen molar-refractivity contribution in [2.75, 3.05) is 25.1 Å². The van der Waals surface area contributed by atoms with E-state index in [2.05, 4.69) is 46.1 Å². The van der Waals surface area contributed by atoms with Crippen LogP contribution in [0.4, 0.5) is 5.82 Å². The molecule has 1 saturated heterocycles. The molecule has 8 nitrogen and oxygen atoms in total. The molecule has 0 saturated carbocycles. The molecule has 170 valence electrons. The molecule has 0 radical (unpaired) electrons. The van der Waals surface area contributed by atoms with Crippen molar-refractivity contribution in [3.63, 3.8) is 0 Å². The van der Waals surface area contributed by atoms with E-state index >= 15 is 0 Å². The molecule has 33 heavy (non-hydrogen) atoms. The van der Waals surface area contributed by atoms with Gasteiger partial charge in [0.1, 0.15) is 5.52 Å². The van der Waals surface area contributed by atoms with E-state index in [0.717, 1.165) is 78.6 Å². The van der Waals surface area contributed by atoms with Crippen LogP contribution < -0.4 is 9.64 Å². The third-order valence-electron chi connectivity index (χ3n) is 7.71. The largest absolute Gasteiger partial charge is 0.481 e. The van der Waals surface area contributed by atoms with Gasteiger partial charge in [-0.3, -0.25) is 4.68 Å². The molecule has 5 heterocycles. The van der Waals surface area contributed by atoms with Gasteiger partial charge >= 0.3 is 0 Å². The Morgan fingerprint density at radius 2 is 1.82 bits per heavy atom. The SMILES string of the molecule is COc1cc2c(cn1)CC1(CCN(c3nc(C)c(-c4cnn(C)c4C)n4nccc34)CC1)C2. The van der Waals surface area contributed by atoms with Crippen LogP contribution in [-0.2, 0) is 19.9 Å². The lowest BCUT2D eigenvalue weighted by atomic mass is 9.76. The summed E-state index contributed by atoms with van der Waals surface area (Å²) in [6, 6.07) is 4.20. The first kappa shape index (κ1) is 20.2. The molecule has 4 aromatic heterocycles. The van der Waals surface area contributed by atoms with Crippen LogP contribution in [0.5, 0.6) is 5.88 Å². The molecular formula is C25H29N7O. The molecule has 0 aromatic carbocycles. The molecule has 0 unspecified atom stereocenters. The highest BCUT2D eigenvalue weighted by molar-refractivity contribution is 5.76. The summed E-state index contributed by atoms with van der Waals surface area (Å²) in [6.45, 7) is 6.15. The van der Waals surface area contributed by atoms with Crippen molar-refractivity contribution >= 4 is 11.3 Å². The maximum atomic E-state index is 5.34. The summed E-state index contributed by atoms with van der Waals surface area (Å²) in [6.07, 6.45) is 10.3. The van der Waals surface area contributed by atoms with E-state index in [1.165, 1.54) is 11.1 Å². The second-order valence-corrected chi connectivity index (χ2v) is 9.60. The van der Waals surface area contributed by atoms with E-state index in [0.29, 0.717) is 5.41 Å². The van der Waals surface area contributed by atoms with Gasteiger partial charge in [-0.1, -0.05) is 0 Å². The highest BCUT2D eigenvalue weighted by atomic mass is 16.5. The molecule has 0 amide bonds. The number of hydrogen-bond acceptors (Lipinski definition) is 6. The number of aryl methyl sites for hydroxylation is 2. The Morgan fingerprint density at radius 1 is 1.03 bits per heavy atom. The molecule has 1 fully saturated rings. The normalized spacial score (nSPS) is 17.2. The van der Waals surface area contributed by atoms with Crippen LogP contribution in [0.3, 0.4) is 0 Å². The summed E-state index contributed by atoms with van der Waals surface area (Å²) in [7, 11) is 3.65. The van der Waals surface area contributed by atoms with Gasteiger partial charge in [-0.2, -0.15) is 10.2 Å². The fourth-order valence-electron chi connectivity index (χ4n) is 5.70. The average Bonchev–Trinajstić information content (AvgIpc) is 3.52. The van der Waals surface area contributed by atoms with Crippen LogP contribution in [0, 0.1) is 19.3 Å². The van der Waals surface area contributed by atoms with Gasteiger partial charge in [-0.25, -0.2) is 14.5 Å². The van der Waals surface area contributed by atoms with Gasteiger partial charge in [0.25, 0.3) is 0 Å². The first-order valence-corrected chi connectivity index (χ1v) is 11.6. The van der Waals surface area contributed by atoms with Gasteiger partial charge in [0.05, 0.1) is 30.9 Å². The maximum absolute atomic E-state index is 5.34.